The van der Waals surface area contributed by atoms with Crippen LogP contribution < -0.4 is 15.5 Å². The van der Waals surface area contributed by atoms with Crippen LogP contribution in [0.25, 0.3) is 0 Å². The van der Waals surface area contributed by atoms with Gasteiger partial charge in [0.15, 0.2) is 0 Å². The number of hydrogen-bond acceptors (Lipinski definition) is 7. The molecule has 2 N–H and O–H groups in total. The van der Waals surface area contributed by atoms with Crippen molar-refractivity contribution < 1.29 is 35.9 Å². The molecule has 1 fully saturated rings. The van der Waals surface area contributed by atoms with Crippen molar-refractivity contribution in [3.63, 3.8) is 0 Å². The molecule has 214 valence electrons. The second-order valence-corrected chi connectivity index (χ2v) is 9.26. The summed E-state index contributed by atoms with van der Waals surface area (Å²) in [5, 5.41) is 5.87. The van der Waals surface area contributed by atoms with Gasteiger partial charge in [-0.25, -0.2) is 9.97 Å². The highest BCUT2D eigenvalue weighted by Crippen LogP contribution is 2.38. The lowest BCUT2D eigenvalue weighted by molar-refractivity contribution is -0.144. The number of piperidine rings is 1. The van der Waals surface area contributed by atoms with Crippen LogP contribution in [-0.2, 0) is 28.5 Å². The summed E-state index contributed by atoms with van der Waals surface area (Å²) < 4.78 is 84.6. The van der Waals surface area contributed by atoms with Crippen molar-refractivity contribution >= 4 is 29.2 Å². The van der Waals surface area contributed by atoms with E-state index in [0.29, 0.717) is 49.3 Å². The van der Waals surface area contributed by atoms with Crippen molar-refractivity contribution in [3.05, 3.63) is 65.0 Å². The number of carbonyl (C=O) groups is 1. The minimum absolute atomic E-state index is 0.116. The van der Waals surface area contributed by atoms with Crippen molar-refractivity contribution in [2.24, 2.45) is 0 Å². The van der Waals surface area contributed by atoms with E-state index in [0.717, 1.165) is 11.6 Å². The number of nitrogens with one attached hydrogen (secondary N) is 2. The third kappa shape index (κ3) is 7.17. The maximum atomic E-state index is 13.4. The van der Waals surface area contributed by atoms with Crippen LogP contribution in [0.4, 0.5) is 49.6 Å². The molecule has 0 unspecified atom stereocenters. The highest BCUT2D eigenvalue weighted by Gasteiger charge is 2.38. The van der Waals surface area contributed by atoms with E-state index >= 15 is 0 Å². The fraction of sp³-hybridized carbons (Fsp3) is 0.385. The zero-order valence-corrected chi connectivity index (χ0v) is 21.5. The zero-order chi connectivity index (χ0) is 29.1. The second kappa shape index (κ2) is 11.7. The third-order valence-corrected chi connectivity index (χ3v) is 6.39. The molecule has 8 nitrogen and oxygen atoms in total. The highest BCUT2D eigenvalue weighted by molar-refractivity contribution is 5.90. The van der Waals surface area contributed by atoms with E-state index < -0.39 is 36.2 Å². The number of rotatable bonds is 7. The average Bonchev–Trinajstić information content (AvgIpc) is 2.89. The number of halogens is 6. The fourth-order valence-corrected chi connectivity index (χ4v) is 4.29. The van der Waals surface area contributed by atoms with Gasteiger partial charge in [-0.2, -0.15) is 31.3 Å². The summed E-state index contributed by atoms with van der Waals surface area (Å²) in [7, 11) is 0. The predicted molar refractivity (Wildman–Crippen MR) is 135 cm³/mol. The minimum Gasteiger partial charge on any atom is -0.373 e. The molecular weight excluding hydrogens is 542 g/mol. The van der Waals surface area contributed by atoms with E-state index in [1.54, 1.807) is 12.1 Å². The predicted octanol–water partition coefficient (Wildman–Crippen LogP) is 6.11. The first-order valence-corrected chi connectivity index (χ1v) is 12.3. The monoisotopic (exact) mass is 568 g/mol. The standard InChI is InChI=1S/C26H26F6N6O2/c1-15-21(35-16(2)39)4-3-5-22(15)36-23-33-14-34-24(37-23)38-10-8-19(9-11-38)40-13-17-6-7-18(25(27,28)29)12-20(17)26(30,31)32/h3-7,12,14,19H,8-11,13H2,1-2H3,(H,35,39)(H,33,34,36,37). The lowest BCUT2D eigenvalue weighted by Crippen LogP contribution is -2.38. The van der Waals surface area contributed by atoms with Crippen LogP contribution in [0.2, 0.25) is 0 Å². The van der Waals surface area contributed by atoms with Crippen LogP contribution in [0, 0.1) is 6.92 Å². The van der Waals surface area contributed by atoms with E-state index in [1.807, 2.05) is 17.9 Å². The minimum atomic E-state index is -4.95. The molecular formula is C26H26F6N6O2. The van der Waals surface area contributed by atoms with Gasteiger partial charge in [0, 0.05) is 31.4 Å². The number of ether oxygens (including phenoxy) is 1. The maximum absolute atomic E-state index is 13.4. The number of aromatic nitrogens is 3. The molecule has 4 rings (SSSR count). The fourth-order valence-electron chi connectivity index (χ4n) is 4.29. The molecule has 3 aromatic rings. The molecule has 2 aromatic carbocycles. The molecule has 1 aromatic heterocycles. The van der Waals surface area contributed by atoms with E-state index in [2.05, 4.69) is 25.6 Å². The Labute approximate surface area is 225 Å². The van der Waals surface area contributed by atoms with Gasteiger partial charge in [-0.15, -0.1) is 0 Å². The second-order valence-electron chi connectivity index (χ2n) is 9.26. The molecule has 1 aliphatic rings. The number of anilines is 4. The first kappa shape index (κ1) is 29.1. The summed E-state index contributed by atoms with van der Waals surface area (Å²) in [6.07, 6.45) is -7.96. The molecule has 1 aliphatic heterocycles. The van der Waals surface area contributed by atoms with E-state index in [4.69, 9.17) is 4.74 Å². The summed E-state index contributed by atoms with van der Waals surface area (Å²) in [5.74, 6) is 0.484. The topological polar surface area (TPSA) is 92.3 Å². The number of nitrogens with zero attached hydrogens (tertiary/aromatic N) is 4. The Hall–Kier alpha value is -3.94. The molecule has 2 heterocycles. The van der Waals surface area contributed by atoms with Crippen molar-refractivity contribution in [2.75, 3.05) is 28.6 Å². The zero-order valence-electron chi connectivity index (χ0n) is 21.5. The number of carbonyl (C=O) groups excluding carboxylic acids is 1. The smallest absolute Gasteiger partial charge is 0.373 e. The summed E-state index contributed by atoms with van der Waals surface area (Å²) in [4.78, 5) is 26.1. The molecule has 0 spiro atoms. The van der Waals surface area contributed by atoms with E-state index in [1.165, 1.54) is 13.3 Å². The van der Waals surface area contributed by atoms with Crippen molar-refractivity contribution in [1.82, 2.24) is 15.0 Å². The molecule has 1 amide bonds. The lowest BCUT2D eigenvalue weighted by Gasteiger charge is -2.32. The Kier molecular flexibility index (Phi) is 8.47. The Morgan fingerprint density at radius 3 is 2.38 bits per heavy atom. The van der Waals surface area contributed by atoms with Gasteiger partial charge < -0.3 is 20.3 Å². The molecule has 40 heavy (non-hydrogen) atoms. The number of hydrogen-bond donors (Lipinski definition) is 2. The summed E-state index contributed by atoms with van der Waals surface area (Å²) in [6, 6.07) is 6.91. The van der Waals surface area contributed by atoms with Gasteiger partial charge in [-0.3, -0.25) is 4.79 Å². The quantitative estimate of drug-likeness (QED) is 0.333. The number of benzene rings is 2. The maximum Gasteiger partial charge on any atom is 0.416 e. The first-order valence-electron chi connectivity index (χ1n) is 12.3. The van der Waals surface area contributed by atoms with Gasteiger partial charge in [0.05, 0.1) is 23.8 Å². The van der Waals surface area contributed by atoms with Crippen LogP contribution in [0.15, 0.2) is 42.7 Å². The number of alkyl halides is 6. The Bertz CT molecular complexity index is 1360. The Morgan fingerprint density at radius 1 is 1.02 bits per heavy atom. The molecule has 0 atom stereocenters. The molecule has 0 aliphatic carbocycles. The van der Waals surface area contributed by atoms with Crippen LogP contribution >= 0.6 is 0 Å². The van der Waals surface area contributed by atoms with Gasteiger partial charge in [0.25, 0.3) is 0 Å². The normalized spacial score (nSPS) is 14.8. The molecule has 0 radical (unpaired) electrons. The van der Waals surface area contributed by atoms with Crippen molar-refractivity contribution in [1.29, 1.82) is 0 Å². The van der Waals surface area contributed by atoms with Crippen LogP contribution in [0.5, 0.6) is 0 Å². The van der Waals surface area contributed by atoms with E-state index in [9.17, 15) is 31.1 Å². The third-order valence-electron chi connectivity index (χ3n) is 6.39. The highest BCUT2D eigenvalue weighted by atomic mass is 19.4. The van der Waals surface area contributed by atoms with E-state index in [-0.39, 0.29) is 23.5 Å². The van der Waals surface area contributed by atoms with Gasteiger partial charge >= 0.3 is 12.4 Å². The SMILES string of the molecule is CC(=O)Nc1cccc(Nc2ncnc(N3CCC(OCc4ccc(C(F)(F)F)cc4C(F)(F)F)CC3)n2)c1C. The largest absolute Gasteiger partial charge is 0.416 e. The summed E-state index contributed by atoms with van der Waals surface area (Å²) >= 11 is 0. The summed E-state index contributed by atoms with van der Waals surface area (Å²) in [5.41, 5.74) is -0.945. The molecule has 1 saturated heterocycles. The van der Waals surface area contributed by atoms with Crippen molar-refractivity contribution in [2.45, 2.75) is 51.8 Å². The Balaban J connectivity index is 1.37. The molecule has 0 bridgehead atoms. The summed E-state index contributed by atoms with van der Waals surface area (Å²) in [6.45, 7) is 3.69. The van der Waals surface area contributed by atoms with Crippen molar-refractivity contribution in [3.8, 4) is 0 Å². The van der Waals surface area contributed by atoms with Gasteiger partial charge in [0.1, 0.15) is 6.33 Å². The van der Waals surface area contributed by atoms with Gasteiger partial charge in [-0.05, 0) is 55.2 Å². The Morgan fingerprint density at radius 2 is 1.73 bits per heavy atom. The molecule has 0 saturated carbocycles. The number of amides is 1. The lowest BCUT2D eigenvalue weighted by atomic mass is 10.0. The first-order chi connectivity index (χ1) is 18.8. The average molecular weight is 569 g/mol. The van der Waals surface area contributed by atoms with Crippen LogP contribution in [0.1, 0.15) is 42.0 Å². The molecule has 14 heteroatoms. The van der Waals surface area contributed by atoms with Crippen LogP contribution in [-0.4, -0.2) is 40.1 Å². The van der Waals surface area contributed by atoms with Crippen LogP contribution in [0.3, 0.4) is 0 Å². The van der Waals surface area contributed by atoms with Gasteiger partial charge in [0.2, 0.25) is 17.8 Å². The van der Waals surface area contributed by atoms with Gasteiger partial charge in [-0.1, -0.05) is 12.1 Å².